The van der Waals surface area contributed by atoms with Crippen molar-refractivity contribution in [3.63, 3.8) is 0 Å². The zero-order valence-corrected chi connectivity index (χ0v) is 17.2. The minimum absolute atomic E-state index is 0.612. The quantitative estimate of drug-likeness (QED) is 0.625. The SMILES string of the molecule is C/C(=C\N(C)N)c1c[nH]c2ncc(C3CCC(N4CCCOCC4)CC3)cc12. The third-order valence-electron chi connectivity index (χ3n) is 6.32. The largest absolute Gasteiger partial charge is 0.380 e. The molecule has 0 spiro atoms. The minimum Gasteiger partial charge on any atom is -0.380 e. The molecule has 0 amide bonds. The molecule has 4 rings (SSSR count). The number of aromatic amines is 1. The number of pyridine rings is 1. The van der Waals surface area contributed by atoms with Crippen molar-refractivity contribution in [1.82, 2.24) is 19.9 Å². The van der Waals surface area contributed by atoms with E-state index in [4.69, 9.17) is 15.6 Å². The van der Waals surface area contributed by atoms with Gasteiger partial charge in [0.25, 0.3) is 0 Å². The molecule has 0 radical (unpaired) electrons. The summed E-state index contributed by atoms with van der Waals surface area (Å²) in [5.74, 6) is 6.41. The van der Waals surface area contributed by atoms with E-state index in [1.165, 1.54) is 55.2 Å². The van der Waals surface area contributed by atoms with Crippen molar-refractivity contribution in [3.05, 3.63) is 35.8 Å². The standard InChI is InChI=1S/C22H33N5O/c1-16(15-26(2)23)21-14-25-22-20(21)12-18(13-24-22)17-4-6-19(7-5-17)27-8-3-10-28-11-9-27/h12-15,17,19H,3-11,23H2,1-2H3,(H,24,25)/b16-15+. The maximum atomic E-state index is 5.79. The molecule has 152 valence electrons. The van der Waals surface area contributed by atoms with E-state index in [1.54, 1.807) is 5.01 Å². The number of fused-ring (bicyclic) bond motifs is 1. The number of hydrogen-bond acceptors (Lipinski definition) is 5. The lowest BCUT2D eigenvalue weighted by molar-refractivity contribution is 0.118. The van der Waals surface area contributed by atoms with Gasteiger partial charge >= 0.3 is 0 Å². The van der Waals surface area contributed by atoms with Crippen LogP contribution in [0.25, 0.3) is 16.6 Å². The predicted molar refractivity (Wildman–Crippen MR) is 114 cm³/mol. The van der Waals surface area contributed by atoms with Gasteiger partial charge in [0.15, 0.2) is 0 Å². The highest BCUT2D eigenvalue weighted by molar-refractivity contribution is 5.90. The van der Waals surface area contributed by atoms with Crippen molar-refractivity contribution in [3.8, 4) is 0 Å². The highest BCUT2D eigenvalue weighted by atomic mass is 16.5. The second-order valence-corrected chi connectivity index (χ2v) is 8.35. The molecule has 0 aromatic carbocycles. The van der Waals surface area contributed by atoms with Gasteiger partial charge in [-0.1, -0.05) is 0 Å². The number of hydrazine groups is 1. The topological polar surface area (TPSA) is 70.4 Å². The Morgan fingerprint density at radius 1 is 1.29 bits per heavy atom. The van der Waals surface area contributed by atoms with E-state index in [-0.39, 0.29) is 0 Å². The van der Waals surface area contributed by atoms with Crippen LogP contribution in [0.15, 0.2) is 24.7 Å². The highest BCUT2D eigenvalue weighted by Crippen LogP contribution is 2.36. The van der Waals surface area contributed by atoms with E-state index in [1.807, 2.05) is 19.4 Å². The lowest BCUT2D eigenvalue weighted by Gasteiger charge is -2.36. The molecule has 0 atom stereocenters. The van der Waals surface area contributed by atoms with Crippen LogP contribution in [0.3, 0.4) is 0 Å². The van der Waals surface area contributed by atoms with Crippen molar-refractivity contribution in [2.45, 2.75) is 51.0 Å². The molecular weight excluding hydrogens is 350 g/mol. The van der Waals surface area contributed by atoms with Crippen LogP contribution in [0.1, 0.15) is 56.1 Å². The van der Waals surface area contributed by atoms with Crippen molar-refractivity contribution in [2.24, 2.45) is 5.84 Å². The number of nitrogens with zero attached hydrogens (tertiary/aromatic N) is 3. The lowest BCUT2D eigenvalue weighted by Crippen LogP contribution is -2.39. The molecule has 2 aliphatic rings. The molecular formula is C22H33N5O. The van der Waals surface area contributed by atoms with Gasteiger partial charge in [-0.25, -0.2) is 10.8 Å². The normalized spacial score (nSPS) is 25.0. The summed E-state index contributed by atoms with van der Waals surface area (Å²) in [5.41, 5.74) is 4.64. The second-order valence-electron chi connectivity index (χ2n) is 8.35. The molecule has 6 heteroatoms. The highest BCUT2D eigenvalue weighted by Gasteiger charge is 2.27. The maximum Gasteiger partial charge on any atom is 0.137 e. The lowest BCUT2D eigenvalue weighted by atomic mass is 9.81. The first-order valence-electron chi connectivity index (χ1n) is 10.6. The Bertz CT molecular complexity index is 811. The van der Waals surface area contributed by atoms with Crippen LogP contribution in [-0.2, 0) is 4.74 Å². The Morgan fingerprint density at radius 2 is 2.11 bits per heavy atom. The van der Waals surface area contributed by atoms with Crippen molar-refractivity contribution in [2.75, 3.05) is 33.4 Å². The number of allylic oxidation sites excluding steroid dienone is 1. The molecule has 2 fully saturated rings. The van der Waals surface area contributed by atoms with Gasteiger partial charge in [0.05, 0.1) is 6.61 Å². The van der Waals surface area contributed by atoms with Crippen molar-refractivity contribution in [1.29, 1.82) is 0 Å². The van der Waals surface area contributed by atoms with Crippen LogP contribution < -0.4 is 5.84 Å². The summed E-state index contributed by atoms with van der Waals surface area (Å²) in [6.45, 7) is 6.19. The number of hydrogen-bond donors (Lipinski definition) is 2. The number of rotatable bonds is 4. The third-order valence-corrected chi connectivity index (χ3v) is 6.32. The molecule has 0 bridgehead atoms. The molecule has 1 saturated heterocycles. The van der Waals surface area contributed by atoms with E-state index >= 15 is 0 Å². The van der Waals surface area contributed by atoms with E-state index in [0.717, 1.165) is 37.0 Å². The molecule has 6 nitrogen and oxygen atoms in total. The summed E-state index contributed by atoms with van der Waals surface area (Å²) in [7, 11) is 1.84. The van der Waals surface area contributed by atoms with E-state index < -0.39 is 0 Å². The Balaban J connectivity index is 1.47. The third kappa shape index (κ3) is 4.24. The zero-order valence-electron chi connectivity index (χ0n) is 17.2. The van der Waals surface area contributed by atoms with Gasteiger partial charge in [-0.3, -0.25) is 4.90 Å². The van der Waals surface area contributed by atoms with Gasteiger partial charge < -0.3 is 14.7 Å². The Morgan fingerprint density at radius 3 is 2.89 bits per heavy atom. The monoisotopic (exact) mass is 383 g/mol. The van der Waals surface area contributed by atoms with Gasteiger partial charge in [-0.05, 0) is 62.1 Å². The first-order valence-corrected chi connectivity index (χ1v) is 10.6. The summed E-state index contributed by atoms with van der Waals surface area (Å²) in [4.78, 5) is 10.7. The summed E-state index contributed by atoms with van der Waals surface area (Å²) in [5, 5.41) is 2.79. The molecule has 3 N–H and O–H groups in total. The van der Waals surface area contributed by atoms with Gasteiger partial charge in [0.2, 0.25) is 0 Å². The van der Waals surface area contributed by atoms with Crippen LogP contribution in [0.5, 0.6) is 0 Å². The fourth-order valence-corrected chi connectivity index (χ4v) is 4.85. The summed E-state index contributed by atoms with van der Waals surface area (Å²) in [6, 6.07) is 3.06. The van der Waals surface area contributed by atoms with Crippen LogP contribution in [0.2, 0.25) is 0 Å². The minimum atomic E-state index is 0.612. The van der Waals surface area contributed by atoms with Crippen LogP contribution >= 0.6 is 0 Å². The molecule has 1 aliphatic heterocycles. The summed E-state index contributed by atoms with van der Waals surface area (Å²) in [6.07, 6.45) is 12.3. The molecule has 2 aromatic rings. The van der Waals surface area contributed by atoms with Crippen LogP contribution in [0, 0.1) is 0 Å². The van der Waals surface area contributed by atoms with E-state index in [0.29, 0.717) is 5.92 Å². The molecule has 1 saturated carbocycles. The van der Waals surface area contributed by atoms with Gasteiger partial charge in [0, 0.05) is 62.3 Å². The summed E-state index contributed by atoms with van der Waals surface area (Å²) < 4.78 is 5.63. The number of nitrogens with one attached hydrogen (secondary N) is 1. The van der Waals surface area contributed by atoms with Crippen molar-refractivity contribution < 1.29 is 4.74 Å². The number of ether oxygens (including phenoxy) is 1. The van der Waals surface area contributed by atoms with Crippen LogP contribution in [0.4, 0.5) is 0 Å². The Labute approximate surface area is 167 Å². The number of aromatic nitrogens is 2. The first kappa shape index (κ1) is 19.4. The number of nitrogens with two attached hydrogens (primary N) is 1. The first-order chi connectivity index (χ1) is 13.6. The fraction of sp³-hybridized carbons (Fsp3) is 0.591. The van der Waals surface area contributed by atoms with Gasteiger partial charge in [0.1, 0.15) is 5.65 Å². The summed E-state index contributed by atoms with van der Waals surface area (Å²) >= 11 is 0. The van der Waals surface area contributed by atoms with Gasteiger partial charge in [-0.2, -0.15) is 0 Å². The smallest absolute Gasteiger partial charge is 0.137 e. The van der Waals surface area contributed by atoms with Gasteiger partial charge in [-0.15, -0.1) is 0 Å². The average Bonchev–Trinajstić information content (AvgIpc) is 2.92. The average molecular weight is 384 g/mol. The molecule has 28 heavy (non-hydrogen) atoms. The molecule has 0 unspecified atom stereocenters. The molecule has 2 aromatic heterocycles. The van der Waals surface area contributed by atoms with E-state index in [9.17, 15) is 0 Å². The predicted octanol–water partition coefficient (Wildman–Crippen LogP) is 3.48. The maximum absolute atomic E-state index is 5.79. The molecule has 1 aliphatic carbocycles. The molecule has 3 heterocycles. The second kappa shape index (κ2) is 8.64. The van der Waals surface area contributed by atoms with Crippen molar-refractivity contribution >= 4 is 16.6 Å². The van der Waals surface area contributed by atoms with Crippen LogP contribution in [-0.4, -0.2) is 59.3 Å². The number of H-pyrrole nitrogens is 1. The fourth-order valence-electron chi connectivity index (χ4n) is 4.85. The Kier molecular flexibility index (Phi) is 5.99. The Hall–Kier alpha value is -1.89. The zero-order chi connectivity index (χ0) is 19.5. The van der Waals surface area contributed by atoms with E-state index in [2.05, 4.69) is 29.1 Å².